The molecule has 1 aliphatic carbocycles. The number of aromatic nitrogens is 2. The first-order chi connectivity index (χ1) is 22.2. The van der Waals surface area contributed by atoms with E-state index in [1.165, 1.54) is 44.6 Å². The molecule has 11 nitrogen and oxygen atoms in total. The van der Waals surface area contributed by atoms with E-state index in [1.807, 2.05) is 43.6 Å². The van der Waals surface area contributed by atoms with Gasteiger partial charge in [0, 0.05) is 39.0 Å². The standard InChI is InChI=1S/C35H54N6O5/c1-26-36-21-23-41(26)22-9-7-12-29-14-16-30(17-15-29)24-33(44)39-32(25-42)35(46)40-31(13-6-8-19-37-27(2)43)34(45)38-20-18-28-10-4-3-5-11-28/h14-17,21,23,28,31-32,42H,3-13,18-20,22,24-25H2,1-2H3,(H,37,43)(H,38,45)(H,39,44)(H,40,46)/t31-,32-/m0/s1. The molecule has 1 aromatic heterocycles. The van der Waals surface area contributed by atoms with Crippen molar-refractivity contribution in [1.82, 2.24) is 30.8 Å². The molecular weight excluding hydrogens is 584 g/mol. The minimum absolute atomic E-state index is 0.0677. The van der Waals surface area contributed by atoms with Gasteiger partial charge in [0.1, 0.15) is 17.9 Å². The Labute approximate surface area is 273 Å². The second kappa shape index (κ2) is 20.4. The van der Waals surface area contributed by atoms with Crippen LogP contribution in [-0.2, 0) is 38.6 Å². The van der Waals surface area contributed by atoms with Gasteiger partial charge in [-0.05, 0) is 68.9 Å². The summed E-state index contributed by atoms with van der Waals surface area (Å²) in [5.41, 5.74) is 2.00. The maximum atomic E-state index is 13.1. The van der Waals surface area contributed by atoms with Crippen LogP contribution in [0.2, 0.25) is 0 Å². The van der Waals surface area contributed by atoms with Crippen LogP contribution in [0, 0.1) is 12.8 Å². The summed E-state index contributed by atoms with van der Waals surface area (Å²) < 4.78 is 2.14. The molecule has 0 radical (unpaired) electrons. The van der Waals surface area contributed by atoms with E-state index in [0.717, 1.165) is 43.6 Å². The SMILES string of the molecule is CC(=O)NCCCC[C@H](NC(=O)[C@H](CO)NC(=O)Cc1ccc(CCCCn2ccnc2C)cc1)C(=O)NCCC1CCCCC1. The topological polar surface area (TPSA) is 154 Å². The minimum atomic E-state index is -1.18. The van der Waals surface area contributed by atoms with Crippen molar-refractivity contribution in [2.75, 3.05) is 19.7 Å². The zero-order chi connectivity index (χ0) is 33.1. The fourth-order valence-electron chi connectivity index (χ4n) is 5.98. The number of aliphatic hydroxyl groups excluding tert-OH is 1. The summed E-state index contributed by atoms with van der Waals surface area (Å²) in [5, 5.41) is 21.0. The van der Waals surface area contributed by atoms with Crippen molar-refractivity contribution in [2.45, 2.75) is 116 Å². The molecule has 5 N–H and O–H groups in total. The first kappa shape index (κ1) is 36.7. The number of carbonyl (C=O) groups excluding carboxylic acids is 4. The number of hydrogen-bond donors (Lipinski definition) is 5. The van der Waals surface area contributed by atoms with Crippen molar-refractivity contribution < 1.29 is 24.3 Å². The fourth-order valence-corrected chi connectivity index (χ4v) is 5.98. The number of unbranched alkanes of at least 4 members (excludes halogenated alkanes) is 2. The van der Waals surface area contributed by atoms with Crippen LogP contribution in [0.1, 0.15) is 94.5 Å². The van der Waals surface area contributed by atoms with Gasteiger partial charge in [-0.2, -0.15) is 0 Å². The third-order valence-corrected chi connectivity index (χ3v) is 8.76. The molecule has 11 heteroatoms. The molecule has 2 atom stereocenters. The molecule has 1 fully saturated rings. The summed E-state index contributed by atoms with van der Waals surface area (Å²) in [6, 6.07) is 5.88. The number of aliphatic hydroxyl groups is 1. The molecule has 254 valence electrons. The van der Waals surface area contributed by atoms with Crippen LogP contribution in [0.4, 0.5) is 0 Å². The molecule has 0 spiro atoms. The Hall–Kier alpha value is -3.73. The van der Waals surface area contributed by atoms with E-state index in [0.29, 0.717) is 38.3 Å². The average molecular weight is 639 g/mol. The van der Waals surface area contributed by atoms with Gasteiger partial charge in [0.15, 0.2) is 0 Å². The van der Waals surface area contributed by atoms with Gasteiger partial charge in [-0.15, -0.1) is 0 Å². The summed E-state index contributed by atoms with van der Waals surface area (Å²) in [6.45, 7) is 4.84. The van der Waals surface area contributed by atoms with Gasteiger partial charge in [0.25, 0.3) is 0 Å². The van der Waals surface area contributed by atoms with Crippen LogP contribution in [0.3, 0.4) is 0 Å². The molecule has 1 heterocycles. The summed E-state index contributed by atoms with van der Waals surface area (Å²) in [7, 11) is 0. The van der Waals surface area contributed by atoms with Crippen LogP contribution in [0.25, 0.3) is 0 Å². The molecule has 3 rings (SSSR count). The van der Waals surface area contributed by atoms with Crippen molar-refractivity contribution in [3.05, 3.63) is 53.6 Å². The number of aryl methyl sites for hydroxylation is 3. The first-order valence-electron chi connectivity index (χ1n) is 17.0. The van der Waals surface area contributed by atoms with Crippen molar-refractivity contribution in [2.24, 2.45) is 5.92 Å². The van der Waals surface area contributed by atoms with E-state index in [9.17, 15) is 24.3 Å². The Kier molecular flexibility index (Phi) is 16.3. The highest BCUT2D eigenvalue weighted by molar-refractivity contribution is 5.92. The second-order valence-electron chi connectivity index (χ2n) is 12.5. The second-order valence-corrected chi connectivity index (χ2v) is 12.5. The van der Waals surface area contributed by atoms with Crippen molar-refractivity contribution in [1.29, 1.82) is 0 Å². The quantitative estimate of drug-likeness (QED) is 0.141. The molecule has 2 aromatic rings. The van der Waals surface area contributed by atoms with E-state index in [-0.39, 0.29) is 24.1 Å². The molecule has 1 aromatic carbocycles. The highest BCUT2D eigenvalue weighted by atomic mass is 16.3. The zero-order valence-electron chi connectivity index (χ0n) is 27.7. The lowest BCUT2D eigenvalue weighted by molar-refractivity contribution is -0.133. The number of nitrogens with zero attached hydrogens (tertiary/aromatic N) is 2. The van der Waals surface area contributed by atoms with Crippen LogP contribution < -0.4 is 21.3 Å². The Morgan fingerprint density at radius 1 is 0.891 bits per heavy atom. The molecule has 46 heavy (non-hydrogen) atoms. The Bertz CT molecular complexity index is 1220. The first-order valence-corrected chi connectivity index (χ1v) is 17.0. The number of imidazole rings is 1. The van der Waals surface area contributed by atoms with E-state index < -0.39 is 24.6 Å². The van der Waals surface area contributed by atoms with E-state index in [2.05, 4.69) is 30.8 Å². The predicted octanol–water partition coefficient (Wildman–Crippen LogP) is 3.11. The van der Waals surface area contributed by atoms with Crippen molar-refractivity contribution in [3.63, 3.8) is 0 Å². The molecule has 1 saturated carbocycles. The predicted molar refractivity (Wildman–Crippen MR) is 178 cm³/mol. The third kappa shape index (κ3) is 13.7. The normalized spacial score (nSPS) is 14.7. The van der Waals surface area contributed by atoms with Crippen molar-refractivity contribution >= 4 is 23.6 Å². The lowest BCUT2D eigenvalue weighted by atomic mass is 9.87. The summed E-state index contributed by atoms with van der Waals surface area (Å²) >= 11 is 0. The minimum Gasteiger partial charge on any atom is -0.394 e. The molecule has 0 bridgehead atoms. The highest BCUT2D eigenvalue weighted by Gasteiger charge is 2.26. The molecule has 4 amide bonds. The Balaban J connectivity index is 1.45. The van der Waals surface area contributed by atoms with Gasteiger partial charge in [-0.1, -0.05) is 56.4 Å². The number of rotatable bonds is 20. The highest BCUT2D eigenvalue weighted by Crippen LogP contribution is 2.25. The van der Waals surface area contributed by atoms with Crippen LogP contribution in [0.15, 0.2) is 36.7 Å². The smallest absolute Gasteiger partial charge is 0.245 e. The maximum absolute atomic E-state index is 13.1. The van der Waals surface area contributed by atoms with Gasteiger partial charge >= 0.3 is 0 Å². The molecule has 0 unspecified atom stereocenters. The number of nitrogens with one attached hydrogen (secondary N) is 4. The monoisotopic (exact) mass is 638 g/mol. The largest absolute Gasteiger partial charge is 0.394 e. The van der Waals surface area contributed by atoms with Crippen molar-refractivity contribution in [3.8, 4) is 0 Å². The lowest BCUT2D eigenvalue weighted by Gasteiger charge is -2.24. The van der Waals surface area contributed by atoms with Gasteiger partial charge in [0.05, 0.1) is 13.0 Å². The number of benzene rings is 1. The number of amides is 4. The molecule has 0 saturated heterocycles. The maximum Gasteiger partial charge on any atom is 0.245 e. The zero-order valence-corrected chi connectivity index (χ0v) is 27.7. The lowest BCUT2D eigenvalue weighted by Crippen LogP contribution is -2.55. The molecule has 0 aliphatic heterocycles. The van der Waals surface area contributed by atoms with Gasteiger partial charge < -0.3 is 30.9 Å². The third-order valence-electron chi connectivity index (χ3n) is 8.76. The summed E-state index contributed by atoms with van der Waals surface area (Å²) in [5.74, 6) is 0.253. The van der Waals surface area contributed by atoms with E-state index in [4.69, 9.17) is 0 Å². The van der Waals surface area contributed by atoms with E-state index >= 15 is 0 Å². The van der Waals surface area contributed by atoms with Gasteiger partial charge in [-0.3, -0.25) is 19.2 Å². The summed E-state index contributed by atoms with van der Waals surface area (Å²) in [6.07, 6.45) is 15.6. The van der Waals surface area contributed by atoms with Crippen LogP contribution in [-0.4, -0.2) is 70.1 Å². The number of carbonyl (C=O) groups is 4. The number of hydrogen-bond acceptors (Lipinski definition) is 6. The fraction of sp³-hybridized carbons (Fsp3) is 0.629. The Morgan fingerprint density at radius 3 is 2.30 bits per heavy atom. The molecule has 1 aliphatic rings. The Morgan fingerprint density at radius 2 is 1.63 bits per heavy atom. The van der Waals surface area contributed by atoms with Gasteiger partial charge in [-0.25, -0.2) is 4.98 Å². The summed E-state index contributed by atoms with van der Waals surface area (Å²) in [4.78, 5) is 54.4. The molecular formula is C35H54N6O5. The average Bonchev–Trinajstić information content (AvgIpc) is 3.46. The van der Waals surface area contributed by atoms with E-state index in [1.54, 1.807) is 0 Å². The van der Waals surface area contributed by atoms with Crippen LogP contribution in [0.5, 0.6) is 0 Å². The van der Waals surface area contributed by atoms with Crippen LogP contribution >= 0.6 is 0 Å². The van der Waals surface area contributed by atoms with Gasteiger partial charge in [0.2, 0.25) is 23.6 Å².